The van der Waals surface area contributed by atoms with E-state index in [2.05, 4.69) is 9.84 Å². The highest BCUT2D eigenvalue weighted by molar-refractivity contribution is 5.63. The lowest BCUT2D eigenvalue weighted by Gasteiger charge is -2.09. The highest BCUT2D eigenvalue weighted by Gasteiger charge is 2.31. The third-order valence-corrected chi connectivity index (χ3v) is 2.39. The number of ether oxygens (including phenoxy) is 1. The number of halogens is 3. The first-order valence-corrected chi connectivity index (χ1v) is 5.56. The maximum atomic E-state index is 12.1. The molecule has 0 spiro atoms. The van der Waals surface area contributed by atoms with Crippen LogP contribution in [-0.2, 0) is 6.54 Å². The fourth-order valence-corrected chi connectivity index (χ4v) is 1.64. The van der Waals surface area contributed by atoms with Crippen LogP contribution in [0.1, 0.15) is 0 Å². The van der Waals surface area contributed by atoms with Gasteiger partial charge in [-0.15, -0.1) is 13.2 Å². The molecule has 2 rings (SSSR count). The van der Waals surface area contributed by atoms with Crippen LogP contribution in [0.3, 0.4) is 0 Å². The van der Waals surface area contributed by atoms with Crippen LogP contribution in [0.4, 0.5) is 13.2 Å². The van der Waals surface area contributed by atoms with E-state index in [4.69, 9.17) is 5.73 Å². The van der Waals surface area contributed by atoms with Gasteiger partial charge in [-0.1, -0.05) is 12.1 Å². The lowest BCUT2D eigenvalue weighted by atomic mass is 10.1. The van der Waals surface area contributed by atoms with Gasteiger partial charge in [0.05, 0.1) is 12.7 Å². The van der Waals surface area contributed by atoms with Crippen molar-refractivity contribution in [3.8, 4) is 16.9 Å². The zero-order valence-electron chi connectivity index (χ0n) is 9.89. The Morgan fingerprint density at radius 1 is 1.26 bits per heavy atom. The van der Waals surface area contributed by atoms with Gasteiger partial charge in [0, 0.05) is 18.3 Å². The minimum absolute atomic E-state index is 0.253. The molecule has 0 saturated heterocycles. The van der Waals surface area contributed by atoms with Gasteiger partial charge in [0.25, 0.3) is 0 Å². The number of benzene rings is 1. The molecule has 0 saturated carbocycles. The van der Waals surface area contributed by atoms with Gasteiger partial charge in [-0.2, -0.15) is 5.10 Å². The Labute approximate surface area is 107 Å². The minimum atomic E-state index is -4.69. The van der Waals surface area contributed by atoms with Gasteiger partial charge in [0.1, 0.15) is 5.75 Å². The van der Waals surface area contributed by atoms with Gasteiger partial charge in [-0.3, -0.25) is 4.68 Å². The van der Waals surface area contributed by atoms with E-state index < -0.39 is 6.36 Å². The summed E-state index contributed by atoms with van der Waals surface area (Å²) in [5, 5.41) is 4.06. The van der Waals surface area contributed by atoms with E-state index >= 15 is 0 Å². The first-order valence-electron chi connectivity index (χ1n) is 5.56. The molecule has 0 amide bonds. The van der Waals surface area contributed by atoms with Crippen molar-refractivity contribution < 1.29 is 17.9 Å². The summed E-state index contributed by atoms with van der Waals surface area (Å²) in [5.74, 6) is -0.253. The van der Waals surface area contributed by atoms with Gasteiger partial charge in [-0.05, 0) is 17.7 Å². The molecular weight excluding hydrogens is 259 g/mol. The average molecular weight is 271 g/mol. The summed E-state index contributed by atoms with van der Waals surface area (Å²) in [6, 6.07) is 5.75. The van der Waals surface area contributed by atoms with Crippen LogP contribution in [0.5, 0.6) is 5.75 Å². The summed E-state index contributed by atoms with van der Waals surface area (Å²) in [4.78, 5) is 0. The molecule has 0 fully saturated rings. The number of nitrogens with zero attached hydrogens (tertiary/aromatic N) is 2. The first-order chi connectivity index (χ1) is 8.98. The van der Waals surface area contributed by atoms with Crippen molar-refractivity contribution in [1.29, 1.82) is 0 Å². The molecule has 0 aliphatic rings. The summed E-state index contributed by atoms with van der Waals surface area (Å²) in [6.07, 6.45) is -1.40. The van der Waals surface area contributed by atoms with Crippen LogP contribution in [0.25, 0.3) is 11.1 Å². The standard InChI is InChI=1S/C12H12F3N3O/c13-12(14,15)19-11-3-1-2-9(6-11)10-7-17-18(8-10)5-4-16/h1-3,6-8H,4-5,16H2. The quantitative estimate of drug-likeness (QED) is 0.929. The van der Waals surface area contributed by atoms with Gasteiger partial charge in [0.2, 0.25) is 0 Å². The summed E-state index contributed by atoms with van der Waals surface area (Å²) < 4.78 is 41.9. The van der Waals surface area contributed by atoms with E-state index in [1.165, 1.54) is 18.2 Å². The second-order valence-electron chi connectivity index (χ2n) is 3.86. The van der Waals surface area contributed by atoms with E-state index in [9.17, 15) is 13.2 Å². The second kappa shape index (κ2) is 5.31. The summed E-state index contributed by atoms with van der Waals surface area (Å²) in [7, 11) is 0. The summed E-state index contributed by atoms with van der Waals surface area (Å²) in [6.45, 7) is 0.997. The van der Waals surface area contributed by atoms with E-state index in [0.717, 1.165) is 0 Å². The Morgan fingerprint density at radius 3 is 2.74 bits per heavy atom. The van der Waals surface area contributed by atoms with Crippen molar-refractivity contribution in [1.82, 2.24) is 9.78 Å². The Balaban J connectivity index is 2.22. The SMILES string of the molecule is NCCn1cc(-c2cccc(OC(F)(F)F)c2)cn1. The Hall–Kier alpha value is -2.02. The third kappa shape index (κ3) is 3.72. The van der Waals surface area contributed by atoms with E-state index in [1.54, 1.807) is 23.1 Å². The first kappa shape index (κ1) is 13.4. The van der Waals surface area contributed by atoms with E-state index in [0.29, 0.717) is 24.2 Å². The fraction of sp³-hybridized carbons (Fsp3) is 0.250. The third-order valence-electron chi connectivity index (χ3n) is 2.39. The largest absolute Gasteiger partial charge is 0.573 e. The fourth-order valence-electron chi connectivity index (χ4n) is 1.64. The maximum Gasteiger partial charge on any atom is 0.573 e. The Morgan fingerprint density at radius 2 is 2.05 bits per heavy atom. The molecule has 0 atom stereocenters. The van der Waals surface area contributed by atoms with Gasteiger partial charge in [-0.25, -0.2) is 0 Å². The molecule has 0 aliphatic carbocycles. The molecule has 2 N–H and O–H groups in total. The van der Waals surface area contributed by atoms with Gasteiger partial charge in [0.15, 0.2) is 0 Å². The highest BCUT2D eigenvalue weighted by atomic mass is 19.4. The molecule has 1 aromatic carbocycles. The monoisotopic (exact) mass is 271 g/mol. The van der Waals surface area contributed by atoms with Crippen LogP contribution in [-0.4, -0.2) is 22.7 Å². The minimum Gasteiger partial charge on any atom is -0.406 e. The molecule has 0 bridgehead atoms. The molecule has 7 heteroatoms. The number of nitrogens with two attached hydrogens (primary N) is 1. The molecule has 19 heavy (non-hydrogen) atoms. The highest BCUT2D eigenvalue weighted by Crippen LogP contribution is 2.27. The molecule has 0 aliphatic heterocycles. The predicted molar refractivity (Wildman–Crippen MR) is 63.4 cm³/mol. The molecule has 0 unspecified atom stereocenters. The maximum absolute atomic E-state index is 12.1. The van der Waals surface area contributed by atoms with Crippen LogP contribution >= 0.6 is 0 Å². The van der Waals surface area contributed by atoms with Crippen LogP contribution in [0.2, 0.25) is 0 Å². The predicted octanol–water partition coefficient (Wildman–Crippen LogP) is 2.41. The van der Waals surface area contributed by atoms with Gasteiger partial charge < -0.3 is 10.5 Å². The average Bonchev–Trinajstić information content (AvgIpc) is 2.76. The van der Waals surface area contributed by atoms with Crippen molar-refractivity contribution >= 4 is 0 Å². The van der Waals surface area contributed by atoms with Crippen LogP contribution in [0.15, 0.2) is 36.7 Å². The van der Waals surface area contributed by atoms with Crippen molar-refractivity contribution in [2.24, 2.45) is 5.73 Å². The van der Waals surface area contributed by atoms with Crippen LogP contribution < -0.4 is 10.5 Å². The van der Waals surface area contributed by atoms with Crippen molar-refractivity contribution in [3.63, 3.8) is 0 Å². The summed E-state index contributed by atoms with van der Waals surface area (Å²) >= 11 is 0. The lowest BCUT2D eigenvalue weighted by molar-refractivity contribution is -0.274. The molecule has 2 aromatic rings. The zero-order valence-corrected chi connectivity index (χ0v) is 9.89. The van der Waals surface area contributed by atoms with Crippen molar-refractivity contribution in [3.05, 3.63) is 36.7 Å². The van der Waals surface area contributed by atoms with E-state index in [-0.39, 0.29) is 5.75 Å². The topological polar surface area (TPSA) is 53.1 Å². The van der Waals surface area contributed by atoms with E-state index in [1.807, 2.05) is 0 Å². The smallest absolute Gasteiger partial charge is 0.406 e. The number of aromatic nitrogens is 2. The molecule has 0 radical (unpaired) electrons. The molecule has 4 nitrogen and oxygen atoms in total. The number of hydrogen-bond donors (Lipinski definition) is 1. The van der Waals surface area contributed by atoms with Gasteiger partial charge >= 0.3 is 6.36 Å². The second-order valence-corrected chi connectivity index (χ2v) is 3.86. The van der Waals surface area contributed by atoms with Crippen LogP contribution in [0, 0.1) is 0 Å². The molecular formula is C12H12F3N3O. The zero-order chi connectivity index (χ0) is 13.9. The Bertz CT molecular complexity index is 551. The van der Waals surface area contributed by atoms with Crippen molar-refractivity contribution in [2.45, 2.75) is 12.9 Å². The molecule has 1 aromatic heterocycles. The number of rotatable bonds is 4. The molecule has 1 heterocycles. The lowest BCUT2D eigenvalue weighted by Crippen LogP contribution is -2.17. The normalized spacial score (nSPS) is 11.6. The Kier molecular flexibility index (Phi) is 3.75. The molecule has 102 valence electrons. The summed E-state index contributed by atoms with van der Waals surface area (Å²) in [5.41, 5.74) is 6.71. The number of hydrogen-bond acceptors (Lipinski definition) is 3. The van der Waals surface area contributed by atoms with Crippen molar-refractivity contribution in [2.75, 3.05) is 6.54 Å². The number of alkyl halides is 3.